The second-order valence-electron chi connectivity index (χ2n) is 7.63. The van der Waals surface area contributed by atoms with Crippen LogP contribution in [-0.4, -0.2) is 9.97 Å². The Kier molecular flexibility index (Phi) is 4.68. The molecule has 0 fully saturated rings. The number of aromatic nitrogens is 2. The van der Waals surface area contributed by atoms with Crippen LogP contribution in [0.2, 0.25) is 0 Å². The Morgan fingerprint density at radius 1 is 0.786 bits per heavy atom. The Bertz CT molecular complexity index is 1180. The molecule has 2 aromatic carbocycles. The molecular formula is C24H25N3S. The highest BCUT2D eigenvalue weighted by molar-refractivity contribution is 7.19. The Hall–Kier alpha value is -2.72. The van der Waals surface area contributed by atoms with Crippen molar-refractivity contribution in [2.75, 3.05) is 5.32 Å². The van der Waals surface area contributed by atoms with Crippen molar-refractivity contribution in [3.63, 3.8) is 0 Å². The van der Waals surface area contributed by atoms with Crippen LogP contribution < -0.4 is 5.32 Å². The zero-order valence-electron chi connectivity index (χ0n) is 17.3. The molecule has 0 unspecified atom stereocenters. The Labute approximate surface area is 170 Å². The maximum Gasteiger partial charge on any atom is 0.143 e. The fraction of sp³-hybridized carbons (Fsp3) is 0.250. The molecule has 0 radical (unpaired) electrons. The Morgan fingerprint density at radius 2 is 1.50 bits per heavy atom. The van der Waals surface area contributed by atoms with Gasteiger partial charge in [-0.15, -0.1) is 11.3 Å². The fourth-order valence-electron chi connectivity index (χ4n) is 3.88. The molecule has 142 valence electrons. The van der Waals surface area contributed by atoms with E-state index in [2.05, 4.69) is 87.2 Å². The van der Waals surface area contributed by atoms with E-state index < -0.39 is 0 Å². The first-order valence-corrected chi connectivity index (χ1v) is 10.3. The minimum absolute atomic E-state index is 0.873. The van der Waals surface area contributed by atoms with Gasteiger partial charge in [-0.2, -0.15) is 0 Å². The molecule has 4 heteroatoms. The summed E-state index contributed by atoms with van der Waals surface area (Å²) in [5.41, 5.74) is 9.91. The van der Waals surface area contributed by atoms with Crippen LogP contribution in [0.3, 0.4) is 0 Å². The molecule has 0 amide bonds. The molecule has 1 N–H and O–H groups in total. The topological polar surface area (TPSA) is 37.8 Å². The van der Waals surface area contributed by atoms with E-state index in [1.54, 1.807) is 17.7 Å². The fourth-order valence-corrected chi connectivity index (χ4v) is 4.89. The van der Waals surface area contributed by atoms with Crippen LogP contribution in [0, 0.1) is 41.5 Å². The quantitative estimate of drug-likeness (QED) is 0.413. The van der Waals surface area contributed by atoms with Gasteiger partial charge < -0.3 is 5.32 Å². The van der Waals surface area contributed by atoms with Crippen molar-refractivity contribution in [3.8, 4) is 11.1 Å². The number of hydrogen-bond acceptors (Lipinski definition) is 4. The van der Waals surface area contributed by atoms with Gasteiger partial charge in [-0.1, -0.05) is 35.9 Å². The highest BCUT2D eigenvalue weighted by atomic mass is 32.1. The zero-order chi connectivity index (χ0) is 20.0. The maximum absolute atomic E-state index is 4.63. The predicted octanol–water partition coefficient (Wildman–Crippen LogP) is 6.95. The van der Waals surface area contributed by atoms with E-state index in [4.69, 9.17) is 0 Å². The molecule has 0 aliphatic carbocycles. The van der Waals surface area contributed by atoms with Crippen molar-refractivity contribution in [1.29, 1.82) is 0 Å². The largest absolute Gasteiger partial charge is 0.339 e. The van der Waals surface area contributed by atoms with E-state index >= 15 is 0 Å². The molecule has 0 spiro atoms. The molecule has 2 heterocycles. The molecule has 4 rings (SSSR count). The van der Waals surface area contributed by atoms with E-state index in [-0.39, 0.29) is 0 Å². The van der Waals surface area contributed by atoms with Gasteiger partial charge in [0.1, 0.15) is 17.0 Å². The van der Waals surface area contributed by atoms with Crippen LogP contribution in [0.25, 0.3) is 21.3 Å². The van der Waals surface area contributed by atoms with Crippen LogP contribution in [0.1, 0.15) is 32.7 Å². The number of rotatable bonds is 3. The van der Waals surface area contributed by atoms with Gasteiger partial charge in [-0.25, -0.2) is 9.97 Å². The number of hydrogen-bond donors (Lipinski definition) is 1. The lowest BCUT2D eigenvalue weighted by Crippen LogP contribution is -2.00. The third kappa shape index (κ3) is 3.18. The summed E-state index contributed by atoms with van der Waals surface area (Å²) in [6.45, 7) is 12.9. The van der Waals surface area contributed by atoms with Crippen LogP contribution in [0.4, 0.5) is 11.5 Å². The van der Waals surface area contributed by atoms with Gasteiger partial charge in [0.15, 0.2) is 0 Å². The molecular weight excluding hydrogens is 362 g/mol. The molecule has 0 aliphatic heterocycles. The first kappa shape index (κ1) is 18.6. The molecule has 2 aromatic heterocycles. The Morgan fingerprint density at radius 3 is 2.18 bits per heavy atom. The van der Waals surface area contributed by atoms with Crippen molar-refractivity contribution < 1.29 is 0 Å². The van der Waals surface area contributed by atoms with Gasteiger partial charge in [0, 0.05) is 16.1 Å². The average Bonchev–Trinajstić information content (AvgIpc) is 2.97. The highest BCUT2D eigenvalue weighted by Crippen LogP contribution is 2.42. The molecule has 0 atom stereocenters. The molecule has 0 bridgehead atoms. The maximum atomic E-state index is 4.63. The number of thiophene rings is 1. The summed E-state index contributed by atoms with van der Waals surface area (Å²) in [5.74, 6) is 0.873. The second-order valence-corrected chi connectivity index (χ2v) is 8.84. The van der Waals surface area contributed by atoms with Crippen molar-refractivity contribution in [2.45, 2.75) is 41.5 Å². The first-order valence-electron chi connectivity index (χ1n) is 9.51. The van der Waals surface area contributed by atoms with Crippen LogP contribution in [0.5, 0.6) is 0 Å². The van der Waals surface area contributed by atoms with Crippen molar-refractivity contribution >= 4 is 33.1 Å². The third-order valence-corrected chi connectivity index (χ3v) is 6.39. The highest BCUT2D eigenvalue weighted by Gasteiger charge is 2.18. The van der Waals surface area contributed by atoms with E-state index in [9.17, 15) is 0 Å². The summed E-state index contributed by atoms with van der Waals surface area (Å²) in [5, 5.41) is 4.72. The summed E-state index contributed by atoms with van der Waals surface area (Å²) < 4.78 is 0. The molecule has 0 aliphatic rings. The molecule has 0 saturated carbocycles. The standard InChI is InChI=1S/C24H25N3S/c1-13-9-16(4)22(17(5)10-13)27-23-21-20(18(6)28-24(21)26-12-25-23)19-8-7-14(2)15(3)11-19/h7-12H,1-6H3,(H,25,26,27). The number of anilines is 2. The van der Waals surface area contributed by atoms with Crippen molar-refractivity contribution in [2.24, 2.45) is 0 Å². The summed E-state index contributed by atoms with van der Waals surface area (Å²) >= 11 is 1.73. The molecule has 28 heavy (non-hydrogen) atoms. The van der Waals surface area contributed by atoms with Gasteiger partial charge in [0.05, 0.1) is 5.39 Å². The lowest BCUT2D eigenvalue weighted by Gasteiger charge is -2.15. The van der Waals surface area contributed by atoms with Crippen molar-refractivity contribution in [1.82, 2.24) is 9.97 Å². The lowest BCUT2D eigenvalue weighted by atomic mass is 9.99. The Balaban J connectivity index is 1.92. The number of fused-ring (bicyclic) bond motifs is 1. The number of nitrogens with one attached hydrogen (secondary N) is 1. The first-order chi connectivity index (χ1) is 13.3. The minimum atomic E-state index is 0.873. The third-order valence-electron chi connectivity index (χ3n) is 5.38. The lowest BCUT2D eigenvalue weighted by molar-refractivity contribution is 1.22. The van der Waals surface area contributed by atoms with E-state index in [0.717, 1.165) is 21.7 Å². The summed E-state index contributed by atoms with van der Waals surface area (Å²) in [6.07, 6.45) is 1.66. The number of benzene rings is 2. The monoisotopic (exact) mass is 387 g/mol. The van der Waals surface area contributed by atoms with Crippen LogP contribution >= 0.6 is 11.3 Å². The molecule has 0 saturated heterocycles. The van der Waals surface area contributed by atoms with Gasteiger partial charge in [-0.3, -0.25) is 0 Å². The van der Waals surface area contributed by atoms with Crippen LogP contribution in [0.15, 0.2) is 36.7 Å². The predicted molar refractivity (Wildman–Crippen MR) is 121 cm³/mol. The average molecular weight is 388 g/mol. The van der Waals surface area contributed by atoms with Gasteiger partial charge in [0.2, 0.25) is 0 Å². The van der Waals surface area contributed by atoms with Gasteiger partial charge in [0.25, 0.3) is 0 Å². The van der Waals surface area contributed by atoms with Gasteiger partial charge >= 0.3 is 0 Å². The SMILES string of the molecule is Cc1cc(C)c(Nc2ncnc3sc(C)c(-c4ccc(C)c(C)c4)c23)c(C)c1. The van der Waals surface area contributed by atoms with E-state index in [0.29, 0.717) is 0 Å². The smallest absolute Gasteiger partial charge is 0.143 e. The second kappa shape index (κ2) is 7.02. The molecule has 3 nitrogen and oxygen atoms in total. The number of nitrogens with zero attached hydrogens (tertiary/aromatic N) is 2. The summed E-state index contributed by atoms with van der Waals surface area (Å²) in [7, 11) is 0. The summed E-state index contributed by atoms with van der Waals surface area (Å²) in [6, 6.07) is 11.1. The van der Waals surface area contributed by atoms with E-state index in [1.165, 1.54) is 43.8 Å². The van der Waals surface area contributed by atoms with E-state index in [1.807, 2.05) is 0 Å². The van der Waals surface area contributed by atoms with Gasteiger partial charge in [-0.05, 0) is 69.4 Å². The normalized spacial score (nSPS) is 11.2. The molecule has 4 aromatic rings. The number of aryl methyl sites for hydroxylation is 6. The zero-order valence-corrected chi connectivity index (χ0v) is 18.1. The summed E-state index contributed by atoms with van der Waals surface area (Å²) in [4.78, 5) is 11.5. The van der Waals surface area contributed by atoms with Crippen molar-refractivity contribution in [3.05, 3.63) is 69.4 Å². The van der Waals surface area contributed by atoms with Crippen LogP contribution in [-0.2, 0) is 0 Å². The minimum Gasteiger partial charge on any atom is -0.339 e.